The van der Waals surface area contributed by atoms with Crippen LogP contribution in [0.2, 0.25) is 0 Å². The van der Waals surface area contributed by atoms with Crippen molar-refractivity contribution >= 4 is 30.0 Å². The molecule has 5 nitrogen and oxygen atoms in total. The molecule has 1 saturated carbocycles. The van der Waals surface area contributed by atoms with Crippen LogP contribution in [0, 0.1) is 17.8 Å². The molecule has 0 radical (unpaired) electrons. The second-order valence-electron chi connectivity index (χ2n) is 9.06. The molecule has 32 heavy (non-hydrogen) atoms. The molecule has 0 amide bonds. The van der Waals surface area contributed by atoms with Crippen molar-refractivity contribution in [3.63, 3.8) is 0 Å². The molecule has 0 heterocycles. The number of hydrogen-bond donors (Lipinski definition) is 0. The minimum Gasteiger partial charge on any atom is -0.458 e. The van der Waals surface area contributed by atoms with Gasteiger partial charge in [-0.15, -0.1) is 0 Å². The number of carbonyl (C=O) groups excluding carboxylic acids is 1. The van der Waals surface area contributed by atoms with E-state index in [2.05, 4.69) is 25.6 Å². The molecule has 2 aromatic rings. The first kappa shape index (κ1) is 24.1. The standard InChI is InChI=1S/C26H34N2O3Si/c1-5-30-26(29)25(28-27)32(21-12-8-6-9-13-21,22-14-10-7-11-15-22)31-24-18-20(4)16-17-23(24)19(2)3/h6-15,19-20,23-24H,5,16-18H2,1-4H3/t20-,23+,24-/m1/s1. The lowest BCUT2D eigenvalue weighted by Gasteiger charge is -2.41. The van der Waals surface area contributed by atoms with Crippen LogP contribution in [-0.2, 0) is 14.0 Å². The molecule has 0 aliphatic heterocycles. The van der Waals surface area contributed by atoms with Crippen LogP contribution in [0.1, 0.15) is 47.0 Å². The minimum atomic E-state index is -3.46. The summed E-state index contributed by atoms with van der Waals surface area (Å²) in [6.45, 7) is 8.67. The zero-order valence-corrected chi connectivity index (χ0v) is 20.5. The van der Waals surface area contributed by atoms with E-state index < -0.39 is 14.3 Å². The van der Waals surface area contributed by atoms with Crippen molar-refractivity contribution in [1.82, 2.24) is 0 Å². The number of benzene rings is 2. The van der Waals surface area contributed by atoms with E-state index in [9.17, 15) is 10.3 Å². The first-order valence-corrected chi connectivity index (χ1v) is 13.5. The van der Waals surface area contributed by atoms with Gasteiger partial charge < -0.3 is 14.7 Å². The summed E-state index contributed by atoms with van der Waals surface area (Å²) in [6.07, 6.45) is 3.13. The van der Waals surface area contributed by atoms with Crippen LogP contribution in [0.15, 0.2) is 60.7 Å². The monoisotopic (exact) mass is 450 g/mol. The lowest BCUT2D eigenvalue weighted by Crippen LogP contribution is -2.71. The highest BCUT2D eigenvalue weighted by Gasteiger charge is 2.58. The fraction of sp³-hybridized carbons (Fsp3) is 0.462. The van der Waals surface area contributed by atoms with E-state index >= 15 is 0 Å². The summed E-state index contributed by atoms with van der Waals surface area (Å²) in [5.41, 5.74) is 10.2. The Morgan fingerprint density at radius 1 is 1.06 bits per heavy atom. The summed E-state index contributed by atoms with van der Waals surface area (Å²) in [5.74, 6) is 0.722. The van der Waals surface area contributed by atoms with E-state index in [1.165, 1.54) is 6.42 Å². The second kappa shape index (κ2) is 10.9. The normalized spacial score (nSPS) is 21.1. The maximum atomic E-state index is 13.1. The second-order valence-corrected chi connectivity index (χ2v) is 12.3. The van der Waals surface area contributed by atoms with Crippen LogP contribution >= 0.6 is 0 Å². The van der Waals surface area contributed by atoms with Gasteiger partial charge in [0.1, 0.15) is 0 Å². The molecule has 2 aromatic carbocycles. The lowest BCUT2D eigenvalue weighted by atomic mass is 9.75. The zero-order chi connectivity index (χ0) is 23.1. The predicted octanol–water partition coefficient (Wildman–Crippen LogP) is 4.00. The number of esters is 1. The van der Waals surface area contributed by atoms with Gasteiger partial charge in [-0.2, -0.15) is 4.79 Å². The van der Waals surface area contributed by atoms with Crippen molar-refractivity contribution in [1.29, 1.82) is 0 Å². The quantitative estimate of drug-likeness (QED) is 0.201. The van der Waals surface area contributed by atoms with Gasteiger partial charge >= 0.3 is 19.6 Å². The zero-order valence-electron chi connectivity index (χ0n) is 19.5. The van der Waals surface area contributed by atoms with E-state index in [1.807, 2.05) is 60.7 Å². The SMILES string of the molecule is CCOC(=O)C(=[N+]=[N-])[Si](O[C@@H]1C[C@H](C)CC[C@H]1C(C)C)(c1ccccc1)c1ccccc1. The molecule has 1 aliphatic rings. The Morgan fingerprint density at radius 2 is 1.62 bits per heavy atom. The summed E-state index contributed by atoms with van der Waals surface area (Å²) >= 11 is 0. The van der Waals surface area contributed by atoms with E-state index in [0.29, 0.717) is 17.8 Å². The molecule has 170 valence electrons. The van der Waals surface area contributed by atoms with Crippen molar-refractivity contribution in [2.45, 2.75) is 53.1 Å². The summed E-state index contributed by atoms with van der Waals surface area (Å²) in [4.78, 5) is 16.7. The van der Waals surface area contributed by atoms with Gasteiger partial charge in [-0.3, -0.25) is 0 Å². The summed E-state index contributed by atoms with van der Waals surface area (Å²) in [7, 11) is -3.46. The van der Waals surface area contributed by atoms with Crippen LogP contribution < -0.4 is 10.4 Å². The first-order valence-electron chi connectivity index (χ1n) is 11.6. The lowest BCUT2D eigenvalue weighted by molar-refractivity contribution is -0.139. The number of ether oxygens (including phenoxy) is 1. The van der Waals surface area contributed by atoms with Crippen molar-refractivity contribution in [3.05, 3.63) is 66.2 Å². The highest BCUT2D eigenvalue weighted by atomic mass is 28.4. The molecule has 0 saturated heterocycles. The molecule has 1 aliphatic carbocycles. The van der Waals surface area contributed by atoms with Gasteiger partial charge in [0.2, 0.25) is 0 Å². The fourth-order valence-electron chi connectivity index (χ4n) is 4.91. The van der Waals surface area contributed by atoms with Gasteiger partial charge in [0.15, 0.2) is 0 Å². The molecule has 0 unspecified atom stereocenters. The van der Waals surface area contributed by atoms with Crippen molar-refractivity contribution in [2.24, 2.45) is 17.8 Å². The van der Waals surface area contributed by atoms with E-state index in [1.54, 1.807) is 6.92 Å². The Bertz CT molecular complexity index is 903. The Hall–Kier alpha value is -2.53. The van der Waals surface area contributed by atoms with Crippen LogP contribution in [0.3, 0.4) is 0 Å². The van der Waals surface area contributed by atoms with Gasteiger partial charge in [-0.05, 0) is 47.9 Å². The molecule has 1 fully saturated rings. The molecule has 6 heteroatoms. The topological polar surface area (TPSA) is 71.9 Å². The fourth-order valence-corrected chi connectivity index (χ4v) is 8.72. The van der Waals surface area contributed by atoms with Gasteiger partial charge in [0.05, 0.1) is 6.61 Å². The number of nitrogens with zero attached hydrogens (tertiary/aromatic N) is 2. The molecular weight excluding hydrogens is 416 g/mol. The Kier molecular flexibility index (Phi) is 8.19. The van der Waals surface area contributed by atoms with Crippen LogP contribution in [0.5, 0.6) is 0 Å². The Morgan fingerprint density at radius 3 is 2.09 bits per heavy atom. The summed E-state index contributed by atoms with van der Waals surface area (Å²) in [6, 6.07) is 19.5. The molecule has 3 rings (SSSR count). The van der Waals surface area contributed by atoms with Crippen molar-refractivity contribution in [3.8, 4) is 0 Å². The minimum absolute atomic E-state index is 0.0162. The smallest absolute Gasteiger partial charge is 0.414 e. The molecule has 3 atom stereocenters. The maximum absolute atomic E-state index is 13.1. The van der Waals surface area contributed by atoms with E-state index in [-0.39, 0.29) is 18.0 Å². The molecule has 0 bridgehead atoms. The highest BCUT2D eigenvalue weighted by molar-refractivity contribution is 7.24. The highest BCUT2D eigenvalue weighted by Crippen LogP contribution is 2.37. The van der Waals surface area contributed by atoms with Gasteiger partial charge in [-0.25, -0.2) is 4.79 Å². The molecule has 0 aromatic heterocycles. The van der Waals surface area contributed by atoms with Crippen molar-refractivity contribution < 1.29 is 18.7 Å². The third kappa shape index (κ3) is 4.93. The maximum Gasteiger partial charge on any atom is 0.414 e. The van der Waals surface area contributed by atoms with Crippen LogP contribution in [-0.4, -0.2) is 37.1 Å². The van der Waals surface area contributed by atoms with E-state index in [4.69, 9.17) is 9.16 Å². The van der Waals surface area contributed by atoms with Gasteiger partial charge in [-0.1, -0.05) is 87.9 Å². The molecular formula is C26H34N2O3Si. The van der Waals surface area contributed by atoms with Gasteiger partial charge in [0.25, 0.3) is 0 Å². The number of carbonyl (C=O) groups is 1. The third-order valence-corrected chi connectivity index (χ3v) is 10.5. The van der Waals surface area contributed by atoms with E-state index in [0.717, 1.165) is 23.2 Å². The summed E-state index contributed by atoms with van der Waals surface area (Å²) < 4.78 is 12.5. The number of hydrogen-bond acceptors (Lipinski definition) is 3. The number of rotatable bonds is 8. The summed E-state index contributed by atoms with van der Waals surface area (Å²) in [5, 5.41) is 1.72. The van der Waals surface area contributed by atoms with Gasteiger partial charge in [0, 0.05) is 6.10 Å². The Labute approximate surface area is 192 Å². The average Bonchev–Trinajstić information content (AvgIpc) is 2.80. The average molecular weight is 451 g/mol. The molecule has 0 N–H and O–H groups in total. The molecule has 0 spiro atoms. The van der Waals surface area contributed by atoms with Crippen molar-refractivity contribution in [2.75, 3.05) is 6.61 Å². The van der Waals surface area contributed by atoms with Crippen LogP contribution in [0.4, 0.5) is 0 Å². The predicted molar refractivity (Wildman–Crippen MR) is 129 cm³/mol. The largest absolute Gasteiger partial charge is 0.458 e. The Balaban J connectivity index is 2.25. The third-order valence-electron chi connectivity index (χ3n) is 6.55. The van der Waals surface area contributed by atoms with Crippen LogP contribution in [0.25, 0.3) is 5.53 Å². The first-order chi connectivity index (χ1) is 15.4.